The van der Waals surface area contributed by atoms with Crippen molar-refractivity contribution in [1.29, 1.82) is 0 Å². The Morgan fingerprint density at radius 3 is 2.90 bits per heavy atom. The summed E-state index contributed by atoms with van der Waals surface area (Å²) in [5.74, 6) is -0.944. The topological polar surface area (TPSA) is 46.5 Å². The molecule has 2 unspecified atom stereocenters. The molecule has 1 aromatic carbocycles. The summed E-state index contributed by atoms with van der Waals surface area (Å²) in [6.45, 7) is 0.445. The molecular weight excluding hydrogens is 283 g/mol. The molecule has 1 N–H and O–H groups in total. The van der Waals surface area contributed by atoms with Crippen LogP contribution in [0.25, 0.3) is 0 Å². The highest BCUT2D eigenvalue weighted by molar-refractivity contribution is 6.31. The van der Waals surface area contributed by atoms with Gasteiger partial charge in [-0.25, -0.2) is 4.39 Å². The van der Waals surface area contributed by atoms with Gasteiger partial charge in [0, 0.05) is 11.6 Å². The van der Waals surface area contributed by atoms with E-state index in [0.29, 0.717) is 29.5 Å². The Bertz CT molecular complexity index is 544. The van der Waals surface area contributed by atoms with Crippen molar-refractivity contribution in [3.05, 3.63) is 34.6 Å². The second-order valence-electron chi connectivity index (χ2n) is 5.75. The van der Waals surface area contributed by atoms with Gasteiger partial charge in [-0.1, -0.05) is 11.6 Å². The highest BCUT2D eigenvalue weighted by atomic mass is 35.5. The molecule has 2 fully saturated rings. The van der Waals surface area contributed by atoms with Gasteiger partial charge in [0.05, 0.1) is 6.10 Å². The number of aliphatic carboxylic acids is 1. The van der Waals surface area contributed by atoms with Gasteiger partial charge in [0.2, 0.25) is 0 Å². The Morgan fingerprint density at radius 2 is 2.25 bits per heavy atom. The number of hydrogen-bond donors (Lipinski definition) is 1. The van der Waals surface area contributed by atoms with E-state index in [1.165, 1.54) is 18.2 Å². The van der Waals surface area contributed by atoms with Crippen molar-refractivity contribution < 1.29 is 19.0 Å². The molecule has 3 nitrogen and oxygen atoms in total. The minimum Gasteiger partial charge on any atom is -0.481 e. The van der Waals surface area contributed by atoms with E-state index in [-0.39, 0.29) is 12.5 Å². The Hall–Kier alpha value is -1.13. The van der Waals surface area contributed by atoms with E-state index in [9.17, 15) is 14.3 Å². The molecule has 108 valence electrons. The lowest BCUT2D eigenvalue weighted by atomic mass is 9.74. The first-order chi connectivity index (χ1) is 9.53. The Labute approximate surface area is 121 Å². The molecule has 0 radical (unpaired) electrons. The summed E-state index contributed by atoms with van der Waals surface area (Å²) in [5.41, 5.74) is -0.427. The van der Waals surface area contributed by atoms with Crippen LogP contribution >= 0.6 is 11.6 Å². The fourth-order valence-corrected chi connectivity index (χ4v) is 3.35. The van der Waals surface area contributed by atoms with E-state index in [1.54, 1.807) is 0 Å². The second-order valence-corrected chi connectivity index (χ2v) is 6.16. The van der Waals surface area contributed by atoms with Crippen molar-refractivity contribution in [3.8, 4) is 0 Å². The van der Waals surface area contributed by atoms with Crippen LogP contribution < -0.4 is 0 Å². The number of hydrogen-bond acceptors (Lipinski definition) is 2. The van der Waals surface area contributed by atoms with Gasteiger partial charge in [-0.15, -0.1) is 0 Å². The van der Waals surface area contributed by atoms with E-state index in [4.69, 9.17) is 16.3 Å². The third kappa shape index (κ3) is 2.31. The molecule has 1 saturated carbocycles. The van der Waals surface area contributed by atoms with Gasteiger partial charge in [0.1, 0.15) is 11.2 Å². The van der Waals surface area contributed by atoms with E-state index < -0.39 is 17.2 Å². The molecular formula is C15H16ClFO3. The normalized spacial score (nSPS) is 29.6. The van der Waals surface area contributed by atoms with Crippen LogP contribution in [0.4, 0.5) is 4.39 Å². The van der Waals surface area contributed by atoms with Gasteiger partial charge < -0.3 is 9.84 Å². The van der Waals surface area contributed by atoms with Gasteiger partial charge in [0.25, 0.3) is 0 Å². The van der Waals surface area contributed by atoms with E-state index in [0.717, 1.165) is 12.8 Å². The summed E-state index contributed by atoms with van der Waals surface area (Å²) < 4.78 is 19.1. The first-order valence-electron chi connectivity index (χ1n) is 6.82. The van der Waals surface area contributed by atoms with Crippen molar-refractivity contribution in [3.63, 3.8) is 0 Å². The monoisotopic (exact) mass is 298 g/mol. The SMILES string of the molecule is O=C(O)C1(Cc2cc(F)ccc2Cl)CCOC1C1CC1. The fourth-order valence-electron chi connectivity index (χ4n) is 3.17. The van der Waals surface area contributed by atoms with Crippen LogP contribution in [0.15, 0.2) is 18.2 Å². The lowest BCUT2D eigenvalue weighted by Crippen LogP contribution is -2.42. The van der Waals surface area contributed by atoms with Crippen LogP contribution in [-0.4, -0.2) is 23.8 Å². The quantitative estimate of drug-likeness (QED) is 0.928. The highest BCUT2D eigenvalue weighted by Gasteiger charge is 2.55. The molecule has 1 aliphatic carbocycles. The van der Waals surface area contributed by atoms with E-state index >= 15 is 0 Å². The Morgan fingerprint density at radius 1 is 1.50 bits per heavy atom. The lowest BCUT2D eigenvalue weighted by Gasteiger charge is -2.30. The Balaban J connectivity index is 1.95. The van der Waals surface area contributed by atoms with Crippen molar-refractivity contribution in [2.24, 2.45) is 11.3 Å². The molecule has 0 spiro atoms. The zero-order valence-electron chi connectivity index (χ0n) is 10.9. The molecule has 20 heavy (non-hydrogen) atoms. The number of carboxylic acid groups (broad SMARTS) is 1. The van der Waals surface area contributed by atoms with Gasteiger partial charge in [0.15, 0.2) is 0 Å². The third-order valence-corrected chi connectivity index (χ3v) is 4.75. The molecule has 1 saturated heterocycles. The predicted octanol–water partition coefficient (Wildman–Crippen LogP) is 3.29. The molecule has 0 bridgehead atoms. The first kappa shape index (κ1) is 13.8. The molecule has 0 aromatic heterocycles. The summed E-state index contributed by atoms with van der Waals surface area (Å²) >= 11 is 6.08. The number of rotatable bonds is 4. The number of benzene rings is 1. The highest BCUT2D eigenvalue weighted by Crippen LogP contribution is 2.50. The molecule has 1 aliphatic heterocycles. The van der Waals surface area contributed by atoms with Crippen molar-refractivity contribution >= 4 is 17.6 Å². The van der Waals surface area contributed by atoms with Crippen LogP contribution in [0.5, 0.6) is 0 Å². The minimum atomic E-state index is -0.974. The second kappa shape index (κ2) is 5.01. The van der Waals surface area contributed by atoms with Gasteiger partial charge in [-0.3, -0.25) is 4.79 Å². The number of carboxylic acids is 1. The third-order valence-electron chi connectivity index (χ3n) is 4.38. The van der Waals surface area contributed by atoms with E-state index in [2.05, 4.69) is 0 Å². The van der Waals surface area contributed by atoms with Gasteiger partial charge >= 0.3 is 5.97 Å². The van der Waals surface area contributed by atoms with Crippen LogP contribution in [0.1, 0.15) is 24.8 Å². The van der Waals surface area contributed by atoms with Crippen molar-refractivity contribution in [2.75, 3.05) is 6.61 Å². The molecule has 2 aliphatic rings. The number of ether oxygens (including phenoxy) is 1. The number of halogens is 2. The van der Waals surface area contributed by atoms with Gasteiger partial charge in [-0.05, 0) is 55.4 Å². The van der Waals surface area contributed by atoms with Crippen molar-refractivity contribution in [2.45, 2.75) is 31.8 Å². The summed E-state index contributed by atoms with van der Waals surface area (Å²) in [6, 6.07) is 4.09. The molecule has 0 amide bonds. The van der Waals surface area contributed by atoms with E-state index in [1.807, 2.05) is 0 Å². The predicted molar refractivity (Wildman–Crippen MR) is 72.3 cm³/mol. The summed E-state index contributed by atoms with van der Waals surface area (Å²) in [7, 11) is 0. The fraction of sp³-hybridized carbons (Fsp3) is 0.533. The molecule has 1 aromatic rings. The summed E-state index contributed by atoms with van der Waals surface area (Å²) in [4.78, 5) is 11.8. The molecule has 2 atom stereocenters. The Kier molecular flexibility index (Phi) is 3.46. The van der Waals surface area contributed by atoms with Crippen LogP contribution in [0.3, 0.4) is 0 Å². The molecule has 3 rings (SSSR count). The lowest BCUT2D eigenvalue weighted by molar-refractivity contribution is -0.153. The zero-order valence-corrected chi connectivity index (χ0v) is 11.7. The minimum absolute atomic E-state index is 0.222. The molecule has 1 heterocycles. The van der Waals surface area contributed by atoms with Crippen LogP contribution in [0, 0.1) is 17.2 Å². The maximum absolute atomic E-state index is 13.4. The van der Waals surface area contributed by atoms with Crippen LogP contribution in [0.2, 0.25) is 5.02 Å². The zero-order chi connectivity index (χ0) is 14.3. The average molecular weight is 299 g/mol. The van der Waals surface area contributed by atoms with Gasteiger partial charge in [-0.2, -0.15) is 0 Å². The first-order valence-corrected chi connectivity index (χ1v) is 7.20. The molecule has 5 heteroatoms. The summed E-state index contributed by atoms with van der Waals surface area (Å²) in [5, 5.41) is 10.1. The summed E-state index contributed by atoms with van der Waals surface area (Å²) in [6.07, 6.45) is 2.42. The smallest absolute Gasteiger partial charge is 0.312 e. The maximum Gasteiger partial charge on any atom is 0.312 e. The largest absolute Gasteiger partial charge is 0.481 e. The maximum atomic E-state index is 13.4. The van der Waals surface area contributed by atoms with Crippen LogP contribution in [-0.2, 0) is 16.0 Å². The van der Waals surface area contributed by atoms with Crippen molar-refractivity contribution in [1.82, 2.24) is 0 Å². The standard InChI is InChI=1S/C15H16ClFO3/c16-12-4-3-11(17)7-10(12)8-15(14(18)19)5-6-20-13(15)9-1-2-9/h3-4,7,9,13H,1-2,5-6,8H2,(H,18,19). The number of carbonyl (C=O) groups is 1. The average Bonchev–Trinajstić information content (AvgIpc) is 3.15.